The topological polar surface area (TPSA) is 29.5 Å². The summed E-state index contributed by atoms with van der Waals surface area (Å²) in [6, 6.07) is 5.29. The summed E-state index contributed by atoms with van der Waals surface area (Å²) < 4.78 is 31.2. The number of alkyl halides is 3. The monoisotopic (exact) mass is 485 g/mol. The van der Waals surface area contributed by atoms with E-state index in [4.69, 9.17) is 4.74 Å². The quantitative estimate of drug-likeness (QED) is 0.360. The fourth-order valence-corrected chi connectivity index (χ4v) is 2.80. The molecule has 1 aliphatic rings. The van der Waals surface area contributed by atoms with Gasteiger partial charge in [-0.25, -0.2) is 14.9 Å². The second-order valence-corrected chi connectivity index (χ2v) is 6.33. The van der Waals surface area contributed by atoms with Crippen molar-refractivity contribution in [3.8, 4) is 17.6 Å². The predicted molar refractivity (Wildman–Crippen MR) is 91.8 cm³/mol. The van der Waals surface area contributed by atoms with E-state index in [-0.39, 0.29) is 45.2 Å². The van der Waals surface area contributed by atoms with Crippen molar-refractivity contribution in [2.24, 2.45) is 0 Å². The van der Waals surface area contributed by atoms with E-state index in [1.54, 1.807) is 25.1 Å². The molecule has 0 saturated carbocycles. The Balaban J connectivity index is 0.00000312. The Bertz CT molecular complexity index is 713. The Morgan fingerprint density at radius 2 is 2.20 bits per heavy atom. The summed E-state index contributed by atoms with van der Waals surface area (Å²) in [5.74, 6) is 5.81. The van der Waals surface area contributed by atoms with Crippen LogP contribution in [0, 0.1) is 24.8 Å². The average Bonchev–Trinajstić information content (AvgIpc) is 2.53. The number of allylic oxidation sites excluding steroid dienone is 1. The number of amides is 1. The molecule has 0 N–H and O–H groups in total. The van der Waals surface area contributed by atoms with E-state index in [0.29, 0.717) is 23.4 Å². The van der Waals surface area contributed by atoms with Gasteiger partial charge < -0.3 is 9.64 Å². The normalized spacial score (nSPS) is 16.7. The van der Waals surface area contributed by atoms with Gasteiger partial charge in [0.2, 0.25) is 5.91 Å². The largest absolute Gasteiger partial charge is 0.481 e. The zero-order chi connectivity index (χ0) is 17.7. The second kappa shape index (κ2) is 10.4. The van der Waals surface area contributed by atoms with Crippen LogP contribution in [0.3, 0.4) is 0 Å². The van der Waals surface area contributed by atoms with Crippen molar-refractivity contribution in [1.29, 1.82) is 0 Å². The summed E-state index contributed by atoms with van der Waals surface area (Å²) in [7, 11) is 0. The van der Waals surface area contributed by atoms with Crippen LogP contribution in [0.25, 0.3) is 5.70 Å². The van der Waals surface area contributed by atoms with Crippen molar-refractivity contribution in [2.75, 3.05) is 13.2 Å². The first kappa shape index (κ1) is 22.3. The van der Waals surface area contributed by atoms with Gasteiger partial charge in [-0.05, 0) is 19.1 Å². The van der Waals surface area contributed by atoms with E-state index < -0.39 is 17.8 Å². The zero-order valence-corrected chi connectivity index (χ0v) is 18.4. The molecule has 0 aliphatic carbocycles. The summed E-state index contributed by atoms with van der Waals surface area (Å²) in [5, 5.41) is 0. The van der Waals surface area contributed by atoms with Gasteiger partial charge in [0.25, 0.3) is 6.43 Å². The Morgan fingerprint density at radius 1 is 1.48 bits per heavy atom. The summed E-state index contributed by atoms with van der Waals surface area (Å²) in [6.07, 6.45) is 0.795. The van der Waals surface area contributed by atoms with Gasteiger partial charge in [0, 0.05) is 32.7 Å². The Morgan fingerprint density at radius 3 is 2.80 bits per heavy atom. The molecule has 3 nitrogen and oxygen atoms in total. The fourth-order valence-electron chi connectivity index (χ4n) is 2.39. The van der Waals surface area contributed by atoms with Crippen LogP contribution in [0.4, 0.5) is 8.78 Å². The minimum atomic E-state index is -2.61. The van der Waals surface area contributed by atoms with Crippen molar-refractivity contribution >= 4 is 27.5 Å². The number of rotatable bonds is 5. The fraction of sp³-hybridized carbons (Fsp3) is 0.389. The number of hydrogen-bond acceptors (Lipinski definition) is 2. The number of benzene rings is 1. The van der Waals surface area contributed by atoms with E-state index in [2.05, 4.69) is 33.8 Å². The van der Waals surface area contributed by atoms with E-state index in [9.17, 15) is 13.6 Å². The number of aryl methyl sites for hydroxylation is 1. The number of carbonyl (C=O) groups excluding carboxylic acids is 1. The van der Waals surface area contributed by atoms with Crippen LogP contribution in [-0.4, -0.2) is 35.2 Å². The third-order valence-corrected chi connectivity index (χ3v) is 4.23. The maximum absolute atomic E-state index is 12.9. The van der Waals surface area contributed by atoms with E-state index in [1.165, 1.54) is 0 Å². The van der Waals surface area contributed by atoms with Gasteiger partial charge in [-0.2, -0.15) is 0 Å². The van der Waals surface area contributed by atoms with Gasteiger partial charge in [0.1, 0.15) is 12.4 Å². The van der Waals surface area contributed by atoms with E-state index >= 15 is 0 Å². The van der Waals surface area contributed by atoms with Crippen molar-refractivity contribution in [1.82, 2.24) is 4.90 Å². The van der Waals surface area contributed by atoms with E-state index in [0.717, 1.165) is 10.5 Å². The van der Waals surface area contributed by atoms with Crippen molar-refractivity contribution in [2.45, 2.75) is 31.5 Å². The first-order valence-electron chi connectivity index (χ1n) is 7.42. The van der Waals surface area contributed by atoms with Crippen LogP contribution in [0.2, 0.25) is 0 Å². The summed E-state index contributed by atoms with van der Waals surface area (Å²) >= 11 is 3.20. The van der Waals surface area contributed by atoms with Crippen LogP contribution in [-0.2, 0) is 37.5 Å². The zero-order valence-electron chi connectivity index (χ0n) is 14.0. The third-order valence-electron chi connectivity index (χ3n) is 3.51. The molecule has 0 bridgehead atoms. The molecule has 1 radical (unpaired) electrons. The summed E-state index contributed by atoms with van der Waals surface area (Å²) in [5.41, 5.74) is 1.91. The minimum Gasteiger partial charge on any atom is -0.481 e. The number of hydrogen-bond donors (Lipinski definition) is 0. The van der Waals surface area contributed by atoms with Crippen molar-refractivity contribution in [3.63, 3.8) is 0 Å². The van der Waals surface area contributed by atoms with Crippen LogP contribution in [0.1, 0.15) is 24.5 Å². The van der Waals surface area contributed by atoms with Crippen LogP contribution < -0.4 is 4.74 Å². The Kier molecular flexibility index (Phi) is 9.27. The molecule has 0 spiro atoms. The first-order valence-corrected chi connectivity index (χ1v) is 8.33. The molecule has 1 unspecified atom stereocenters. The molecule has 1 heterocycles. The van der Waals surface area contributed by atoms with Gasteiger partial charge in [-0.1, -0.05) is 35.2 Å². The molecule has 2 rings (SSSR count). The number of halogens is 3. The molecule has 0 saturated heterocycles. The standard InChI is InChI=1S/C18H17BrF2NO2.Y/c1-3-4-9-24-13-5-6-14(12(2)10-13)16-8-7-15(19)18(23)22(16)11-17(20)21;/h5-6,10,15,17H,7,9,11H2,1-2H3;/q-1;. The van der Waals surface area contributed by atoms with Gasteiger partial charge in [-0.15, -0.1) is 28.8 Å². The molecule has 1 amide bonds. The molecule has 1 aromatic rings. The molecule has 7 heteroatoms. The maximum atomic E-state index is 12.9. The van der Waals surface area contributed by atoms with Gasteiger partial charge >= 0.3 is 0 Å². The molecule has 1 aromatic carbocycles. The number of ether oxygens (including phenoxy) is 1. The van der Waals surface area contributed by atoms with Gasteiger partial charge in [-0.3, -0.25) is 4.79 Å². The maximum Gasteiger partial charge on any atom is 0.256 e. The molecular formula is C18H17BrF2NO2Y-. The second-order valence-electron chi connectivity index (χ2n) is 5.23. The molecule has 1 atom stereocenters. The smallest absolute Gasteiger partial charge is 0.256 e. The number of carbonyl (C=O) groups is 1. The first-order chi connectivity index (χ1) is 11.4. The number of nitrogens with zero attached hydrogens (tertiary/aromatic N) is 1. The molecule has 0 fully saturated rings. The average molecular weight is 486 g/mol. The Hall–Kier alpha value is -0.766. The molecule has 131 valence electrons. The van der Waals surface area contributed by atoms with Crippen LogP contribution in [0.15, 0.2) is 18.2 Å². The predicted octanol–water partition coefficient (Wildman–Crippen LogP) is 3.80. The Labute approximate surface area is 180 Å². The van der Waals surface area contributed by atoms with Crippen LogP contribution in [0.5, 0.6) is 5.75 Å². The molecule has 1 aliphatic heterocycles. The van der Waals surface area contributed by atoms with Gasteiger partial charge in [0.05, 0.1) is 11.4 Å². The van der Waals surface area contributed by atoms with Gasteiger partial charge in [0.15, 0.2) is 0 Å². The van der Waals surface area contributed by atoms with Crippen LogP contribution >= 0.6 is 15.9 Å². The van der Waals surface area contributed by atoms with E-state index in [1.807, 2.05) is 6.92 Å². The SMILES string of the molecule is CC#CCOc1ccc(C2=[C-]CC(Br)C(=O)N2CC(F)F)c(C)c1.[Y]. The molecular weight excluding hydrogens is 469 g/mol. The molecule has 0 aromatic heterocycles. The van der Waals surface area contributed by atoms with Crippen molar-refractivity contribution < 1.29 is 51.0 Å². The summed E-state index contributed by atoms with van der Waals surface area (Å²) in [4.78, 5) is 12.8. The van der Waals surface area contributed by atoms with Crippen molar-refractivity contribution in [3.05, 3.63) is 35.4 Å². The molecule has 25 heavy (non-hydrogen) atoms. The minimum absolute atomic E-state index is 0. The third kappa shape index (κ3) is 5.87. The summed E-state index contributed by atoms with van der Waals surface area (Å²) in [6.45, 7) is 3.21.